The van der Waals surface area contributed by atoms with Gasteiger partial charge in [-0.25, -0.2) is 4.98 Å². The zero-order chi connectivity index (χ0) is 13.7. The number of aromatic nitrogens is 2. The monoisotopic (exact) mass is 257 g/mol. The summed E-state index contributed by atoms with van der Waals surface area (Å²) < 4.78 is 0. The van der Waals surface area contributed by atoms with Gasteiger partial charge in [0, 0.05) is 17.7 Å². The highest BCUT2D eigenvalue weighted by Crippen LogP contribution is 2.21. The predicted octanol–water partition coefficient (Wildman–Crippen LogP) is 3.51. The van der Waals surface area contributed by atoms with Gasteiger partial charge in [-0.05, 0) is 25.5 Å². The number of hydrogen-bond acceptors (Lipinski definition) is 2. The zero-order valence-electron chi connectivity index (χ0n) is 11.4. The lowest BCUT2D eigenvalue weighted by atomic mass is 10.1. The van der Waals surface area contributed by atoms with Crippen molar-refractivity contribution in [3.8, 4) is 11.3 Å². The molecule has 0 radical (unpaired) electrons. The maximum atomic E-state index is 11.7. The van der Waals surface area contributed by atoms with Crippen LogP contribution in [0.25, 0.3) is 11.3 Å². The molecule has 1 amide bonds. The van der Waals surface area contributed by atoms with Gasteiger partial charge in [0.05, 0.1) is 11.9 Å². The predicted molar refractivity (Wildman–Crippen MR) is 76.9 cm³/mol. The lowest BCUT2D eigenvalue weighted by Gasteiger charge is -2.06. The van der Waals surface area contributed by atoms with Crippen LogP contribution < -0.4 is 5.32 Å². The molecule has 0 aliphatic carbocycles. The van der Waals surface area contributed by atoms with Gasteiger partial charge < -0.3 is 10.3 Å². The summed E-state index contributed by atoms with van der Waals surface area (Å²) >= 11 is 0. The van der Waals surface area contributed by atoms with Gasteiger partial charge in [0.15, 0.2) is 0 Å². The maximum Gasteiger partial charge on any atom is 0.224 e. The van der Waals surface area contributed by atoms with Gasteiger partial charge in [0.2, 0.25) is 5.91 Å². The van der Waals surface area contributed by atoms with E-state index >= 15 is 0 Å². The molecule has 2 N–H and O–H groups in total. The molecule has 4 nitrogen and oxygen atoms in total. The Morgan fingerprint density at radius 1 is 1.42 bits per heavy atom. The summed E-state index contributed by atoms with van der Waals surface area (Å²) in [5, 5.41) is 2.92. The molecule has 2 rings (SSSR count). The number of amides is 1. The van der Waals surface area contributed by atoms with E-state index in [0.29, 0.717) is 6.42 Å². The molecule has 19 heavy (non-hydrogen) atoms. The molecule has 0 fully saturated rings. The number of carbonyl (C=O) groups excluding carboxylic acids is 1. The fourth-order valence-corrected chi connectivity index (χ4v) is 1.89. The van der Waals surface area contributed by atoms with Gasteiger partial charge in [0.25, 0.3) is 0 Å². The van der Waals surface area contributed by atoms with Crippen LogP contribution in [0.5, 0.6) is 0 Å². The molecule has 0 atom stereocenters. The summed E-state index contributed by atoms with van der Waals surface area (Å²) in [6, 6.07) is 7.78. The number of nitrogens with zero attached hydrogens (tertiary/aromatic N) is 1. The second kappa shape index (κ2) is 6.18. The van der Waals surface area contributed by atoms with Crippen molar-refractivity contribution in [3.63, 3.8) is 0 Å². The highest BCUT2D eigenvalue weighted by atomic mass is 16.1. The Hall–Kier alpha value is -2.10. The van der Waals surface area contributed by atoms with E-state index in [1.54, 1.807) is 6.20 Å². The molecule has 0 bridgehead atoms. The SMILES string of the molecule is CCCCC(=O)Nc1cccc(-c2cnc(C)[nH]2)c1. The Labute approximate surface area is 113 Å². The molecule has 1 aromatic heterocycles. The zero-order valence-corrected chi connectivity index (χ0v) is 11.4. The number of imidazole rings is 1. The van der Waals surface area contributed by atoms with Crippen LogP contribution in [0, 0.1) is 6.92 Å². The summed E-state index contributed by atoms with van der Waals surface area (Å²) in [6.45, 7) is 3.99. The van der Waals surface area contributed by atoms with Gasteiger partial charge >= 0.3 is 0 Å². The Balaban J connectivity index is 2.09. The first-order valence-electron chi connectivity index (χ1n) is 6.61. The topological polar surface area (TPSA) is 57.8 Å². The molecular formula is C15H19N3O. The minimum absolute atomic E-state index is 0.0693. The quantitative estimate of drug-likeness (QED) is 0.861. The second-order valence-electron chi connectivity index (χ2n) is 4.61. The summed E-state index contributed by atoms with van der Waals surface area (Å²) in [5.41, 5.74) is 2.81. The van der Waals surface area contributed by atoms with Crippen molar-refractivity contribution < 1.29 is 4.79 Å². The van der Waals surface area contributed by atoms with Gasteiger partial charge in [-0.1, -0.05) is 25.5 Å². The van der Waals surface area contributed by atoms with Crippen LogP contribution in [0.1, 0.15) is 32.0 Å². The van der Waals surface area contributed by atoms with E-state index in [2.05, 4.69) is 22.2 Å². The summed E-state index contributed by atoms with van der Waals surface area (Å²) in [7, 11) is 0. The van der Waals surface area contributed by atoms with E-state index in [-0.39, 0.29) is 5.91 Å². The lowest BCUT2D eigenvalue weighted by Crippen LogP contribution is -2.10. The number of aryl methyl sites for hydroxylation is 1. The first-order chi connectivity index (χ1) is 9.19. The van der Waals surface area contributed by atoms with E-state index in [0.717, 1.165) is 35.6 Å². The number of H-pyrrole nitrogens is 1. The van der Waals surface area contributed by atoms with Crippen molar-refractivity contribution in [1.82, 2.24) is 9.97 Å². The average molecular weight is 257 g/mol. The van der Waals surface area contributed by atoms with Crippen molar-refractivity contribution in [1.29, 1.82) is 0 Å². The molecule has 2 aromatic rings. The van der Waals surface area contributed by atoms with E-state index < -0.39 is 0 Å². The minimum Gasteiger partial charge on any atom is -0.342 e. The Bertz CT molecular complexity index is 560. The van der Waals surface area contributed by atoms with Gasteiger partial charge in [-0.15, -0.1) is 0 Å². The number of unbranched alkanes of at least 4 members (excludes halogenated alkanes) is 1. The van der Waals surface area contributed by atoms with Crippen LogP contribution in [0.3, 0.4) is 0 Å². The minimum atomic E-state index is 0.0693. The number of rotatable bonds is 5. The Morgan fingerprint density at radius 3 is 2.95 bits per heavy atom. The Kier molecular flexibility index (Phi) is 4.34. The average Bonchev–Trinajstić information content (AvgIpc) is 2.83. The highest BCUT2D eigenvalue weighted by molar-refractivity contribution is 5.91. The van der Waals surface area contributed by atoms with Crippen LogP contribution in [-0.4, -0.2) is 15.9 Å². The van der Waals surface area contributed by atoms with Crippen LogP contribution in [-0.2, 0) is 4.79 Å². The molecule has 1 heterocycles. The fraction of sp³-hybridized carbons (Fsp3) is 0.333. The van der Waals surface area contributed by atoms with Crippen molar-refractivity contribution in [2.75, 3.05) is 5.32 Å². The van der Waals surface area contributed by atoms with Crippen molar-refractivity contribution in [2.45, 2.75) is 33.1 Å². The van der Waals surface area contributed by atoms with E-state index in [4.69, 9.17) is 0 Å². The number of aromatic amines is 1. The van der Waals surface area contributed by atoms with Crippen LogP contribution in [0.4, 0.5) is 5.69 Å². The largest absolute Gasteiger partial charge is 0.342 e. The molecule has 0 saturated carbocycles. The number of benzene rings is 1. The Morgan fingerprint density at radius 2 is 2.26 bits per heavy atom. The third kappa shape index (κ3) is 3.68. The van der Waals surface area contributed by atoms with Crippen molar-refractivity contribution in [3.05, 3.63) is 36.3 Å². The maximum absolute atomic E-state index is 11.7. The number of carbonyl (C=O) groups is 1. The van der Waals surface area contributed by atoms with E-state index in [1.807, 2.05) is 31.2 Å². The highest BCUT2D eigenvalue weighted by Gasteiger charge is 2.04. The standard InChI is InChI=1S/C15H19N3O/c1-3-4-8-15(19)18-13-7-5-6-12(9-13)14-10-16-11(2)17-14/h5-7,9-10H,3-4,8H2,1-2H3,(H,16,17)(H,18,19). The molecule has 0 spiro atoms. The third-order valence-corrected chi connectivity index (χ3v) is 2.92. The van der Waals surface area contributed by atoms with Gasteiger partial charge in [-0.2, -0.15) is 0 Å². The van der Waals surface area contributed by atoms with Crippen molar-refractivity contribution >= 4 is 11.6 Å². The lowest BCUT2D eigenvalue weighted by molar-refractivity contribution is -0.116. The fourth-order valence-electron chi connectivity index (χ4n) is 1.89. The molecule has 0 aliphatic rings. The molecule has 0 aliphatic heterocycles. The summed E-state index contributed by atoms with van der Waals surface area (Å²) in [5.74, 6) is 0.951. The first kappa shape index (κ1) is 13.3. The first-order valence-corrected chi connectivity index (χ1v) is 6.61. The van der Waals surface area contributed by atoms with Crippen LogP contribution in [0.15, 0.2) is 30.5 Å². The van der Waals surface area contributed by atoms with Gasteiger partial charge in [-0.3, -0.25) is 4.79 Å². The number of hydrogen-bond donors (Lipinski definition) is 2. The normalized spacial score (nSPS) is 10.4. The van der Waals surface area contributed by atoms with E-state index in [1.165, 1.54) is 0 Å². The van der Waals surface area contributed by atoms with E-state index in [9.17, 15) is 4.79 Å². The molecule has 1 aromatic carbocycles. The van der Waals surface area contributed by atoms with Crippen LogP contribution >= 0.6 is 0 Å². The summed E-state index contributed by atoms with van der Waals surface area (Å²) in [6.07, 6.45) is 4.32. The number of nitrogens with one attached hydrogen (secondary N) is 2. The molecule has 100 valence electrons. The molecular weight excluding hydrogens is 238 g/mol. The molecule has 0 saturated heterocycles. The summed E-state index contributed by atoms with van der Waals surface area (Å²) in [4.78, 5) is 19.1. The third-order valence-electron chi connectivity index (χ3n) is 2.92. The number of anilines is 1. The van der Waals surface area contributed by atoms with Crippen molar-refractivity contribution in [2.24, 2.45) is 0 Å². The molecule has 0 unspecified atom stereocenters. The van der Waals surface area contributed by atoms with Gasteiger partial charge in [0.1, 0.15) is 5.82 Å². The smallest absolute Gasteiger partial charge is 0.224 e. The van der Waals surface area contributed by atoms with Crippen LogP contribution in [0.2, 0.25) is 0 Å². The molecule has 4 heteroatoms. The second-order valence-corrected chi connectivity index (χ2v) is 4.61.